The highest BCUT2D eigenvalue weighted by molar-refractivity contribution is 6.00. The fourth-order valence-electron chi connectivity index (χ4n) is 5.94. The van der Waals surface area contributed by atoms with Gasteiger partial charge in [-0.1, -0.05) is 18.2 Å². The van der Waals surface area contributed by atoms with E-state index >= 15 is 0 Å². The van der Waals surface area contributed by atoms with Crippen molar-refractivity contribution in [3.63, 3.8) is 0 Å². The lowest BCUT2D eigenvalue weighted by Gasteiger charge is -2.39. The molecule has 0 aliphatic carbocycles. The van der Waals surface area contributed by atoms with Crippen LogP contribution in [0.3, 0.4) is 0 Å². The number of pyridine rings is 1. The van der Waals surface area contributed by atoms with E-state index in [1.807, 2.05) is 43.0 Å². The van der Waals surface area contributed by atoms with Gasteiger partial charge in [-0.3, -0.25) is 4.98 Å². The number of aromatic carboxylic acids is 1. The van der Waals surface area contributed by atoms with E-state index in [1.54, 1.807) is 12.1 Å². The number of amides is 2. The van der Waals surface area contributed by atoms with Crippen molar-refractivity contribution >= 4 is 45.7 Å². The molecule has 8 heteroatoms. The molecule has 6 rings (SSSR count). The Hall–Kier alpha value is -4.59. The summed E-state index contributed by atoms with van der Waals surface area (Å²) in [6.45, 7) is 6.35. The van der Waals surface area contributed by atoms with E-state index in [0.29, 0.717) is 0 Å². The van der Waals surface area contributed by atoms with Crippen molar-refractivity contribution in [2.75, 3.05) is 35.2 Å². The van der Waals surface area contributed by atoms with E-state index in [1.165, 1.54) is 5.56 Å². The van der Waals surface area contributed by atoms with Gasteiger partial charge in [0.05, 0.1) is 11.1 Å². The lowest BCUT2D eigenvalue weighted by Crippen LogP contribution is -2.48. The molecule has 2 amide bonds. The van der Waals surface area contributed by atoms with Gasteiger partial charge in [0.15, 0.2) is 0 Å². The summed E-state index contributed by atoms with van der Waals surface area (Å²) in [6.07, 6.45) is 2.72. The molecule has 3 heterocycles. The number of nitrogens with one attached hydrogen (secondary N) is 2. The predicted octanol–water partition coefficient (Wildman–Crippen LogP) is 6.35. The first kappa shape index (κ1) is 25.7. The van der Waals surface area contributed by atoms with Crippen LogP contribution >= 0.6 is 0 Å². The summed E-state index contributed by atoms with van der Waals surface area (Å²) >= 11 is 0. The van der Waals surface area contributed by atoms with Crippen LogP contribution in [0.25, 0.3) is 10.9 Å². The molecule has 0 bridgehead atoms. The smallest absolute Gasteiger partial charge is 0.335 e. The zero-order valence-corrected chi connectivity index (χ0v) is 22.8. The van der Waals surface area contributed by atoms with Gasteiger partial charge in [0.2, 0.25) is 0 Å². The molecule has 8 nitrogen and oxygen atoms in total. The summed E-state index contributed by atoms with van der Waals surface area (Å²) in [5.74, 6) is -0.953. The van der Waals surface area contributed by atoms with Crippen LogP contribution in [0, 0.1) is 13.8 Å². The van der Waals surface area contributed by atoms with Crippen LogP contribution in [-0.2, 0) is 6.42 Å². The lowest BCUT2D eigenvalue weighted by molar-refractivity contribution is 0.0697. The second-order valence-electron chi connectivity index (χ2n) is 10.7. The van der Waals surface area contributed by atoms with E-state index in [-0.39, 0.29) is 17.6 Å². The van der Waals surface area contributed by atoms with Crippen LogP contribution in [0.4, 0.5) is 27.5 Å². The first-order chi connectivity index (χ1) is 19.4. The molecule has 0 atom stereocenters. The predicted molar refractivity (Wildman–Crippen MR) is 159 cm³/mol. The van der Waals surface area contributed by atoms with Crippen molar-refractivity contribution in [2.24, 2.45) is 0 Å². The minimum absolute atomic E-state index is 0.00312. The van der Waals surface area contributed by atoms with E-state index in [4.69, 9.17) is 0 Å². The maximum Gasteiger partial charge on any atom is 0.335 e. The van der Waals surface area contributed by atoms with Gasteiger partial charge in [-0.25, -0.2) is 9.59 Å². The molecular formula is C32H33N5O3. The zero-order chi connectivity index (χ0) is 27.8. The second-order valence-corrected chi connectivity index (χ2v) is 10.7. The van der Waals surface area contributed by atoms with Gasteiger partial charge in [0.25, 0.3) is 0 Å². The topological polar surface area (TPSA) is 97.8 Å². The lowest BCUT2D eigenvalue weighted by atomic mass is 10.0. The highest BCUT2D eigenvalue weighted by Gasteiger charge is 2.30. The van der Waals surface area contributed by atoms with Crippen molar-refractivity contribution in [1.82, 2.24) is 9.88 Å². The Kier molecular flexibility index (Phi) is 6.76. The highest BCUT2D eigenvalue weighted by atomic mass is 16.4. The number of para-hydroxylation sites is 1. The van der Waals surface area contributed by atoms with Gasteiger partial charge < -0.3 is 25.5 Å². The van der Waals surface area contributed by atoms with Crippen LogP contribution < -0.4 is 15.5 Å². The van der Waals surface area contributed by atoms with Crippen LogP contribution in [0.5, 0.6) is 0 Å². The normalized spacial score (nSPS) is 15.9. The number of fused-ring (bicyclic) bond motifs is 2. The number of nitrogens with zero attached hydrogens (tertiary/aromatic N) is 3. The van der Waals surface area contributed by atoms with Crippen LogP contribution in [-0.4, -0.2) is 52.7 Å². The standard InChI is InChI=1S/C32H33N5O3/c1-20-17-23(31(38)39)19-27-29(18-21(2)33-30(20)27)34-24-7-9-25(10-8-24)36-14-12-26(13-15-36)37-16-11-22-5-3-4-6-28(22)35-32(37)40/h3-10,17-19,26H,11-16H2,1-2H3,(H,33,34)(H,35,40)(H,38,39). The average Bonchev–Trinajstić information content (AvgIpc) is 3.12. The Balaban J connectivity index is 1.13. The molecule has 1 fully saturated rings. The third-order valence-electron chi connectivity index (χ3n) is 8.04. The number of rotatable bonds is 5. The number of hydrogen-bond donors (Lipinski definition) is 3. The molecule has 0 spiro atoms. The zero-order valence-electron chi connectivity index (χ0n) is 22.8. The molecule has 2 aliphatic heterocycles. The summed E-state index contributed by atoms with van der Waals surface area (Å²) in [4.78, 5) is 33.6. The number of benzene rings is 3. The van der Waals surface area contributed by atoms with Crippen molar-refractivity contribution < 1.29 is 14.7 Å². The van der Waals surface area contributed by atoms with Crippen LogP contribution in [0.15, 0.2) is 66.7 Å². The second kappa shape index (κ2) is 10.5. The largest absolute Gasteiger partial charge is 0.478 e. The number of carboxylic acids is 1. The first-order valence-electron chi connectivity index (χ1n) is 13.8. The molecule has 0 saturated carbocycles. The van der Waals surface area contributed by atoms with Crippen LogP contribution in [0.2, 0.25) is 0 Å². The molecule has 3 N–H and O–H groups in total. The number of carbonyl (C=O) groups excluding carboxylic acids is 1. The maximum absolute atomic E-state index is 12.9. The fourth-order valence-corrected chi connectivity index (χ4v) is 5.94. The number of aromatic nitrogens is 1. The number of aryl methyl sites for hydroxylation is 2. The van der Waals surface area contributed by atoms with Gasteiger partial charge in [0, 0.05) is 59.5 Å². The SMILES string of the molecule is Cc1cc(Nc2ccc(N3CCC(N4CCc5ccccc5NC4=O)CC3)cc2)c2cc(C(=O)O)cc(C)c2n1. The van der Waals surface area contributed by atoms with Crippen molar-refractivity contribution in [3.8, 4) is 0 Å². The van der Waals surface area contributed by atoms with E-state index in [0.717, 1.165) is 83.8 Å². The Morgan fingerprint density at radius 1 is 1.00 bits per heavy atom. The number of anilines is 4. The van der Waals surface area contributed by atoms with E-state index < -0.39 is 5.97 Å². The quantitative estimate of drug-likeness (QED) is 0.275. The molecule has 0 radical (unpaired) electrons. The molecule has 1 aromatic heterocycles. The molecule has 40 heavy (non-hydrogen) atoms. The molecule has 2 aliphatic rings. The molecule has 4 aromatic rings. The fraction of sp³-hybridized carbons (Fsp3) is 0.281. The third kappa shape index (κ3) is 5.04. The summed E-state index contributed by atoms with van der Waals surface area (Å²) in [5, 5.41) is 16.9. The van der Waals surface area contributed by atoms with Gasteiger partial charge in [-0.05, 0) is 92.8 Å². The number of carbonyl (C=O) groups is 2. The number of urea groups is 1. The number of carboxylic acid groups (broad SMARTS) is 1. The van der Waals surface area contributed by atoms with Crippen molar-refractivity contribution in [1.29, 1.82) is 0 Å². The summed E-state index contributed by atoms with van der Waals surface area (Å²) in [5.41, 5.74) is 7.77. The Morgan fingerprint density at radius 3 is 2.50 bits per heavy atom. The molecule has 1 saturated heterocycles. The van der Waals surface area contributed by atoms with Gasteiger partial charge >= 0.3 is 12.0 Å². The van der Waals surface area contributed by atoms with Crippen molar-refractivity contribution in [3.05, 3.63) is 89.1 Å². The molecule has 204 valence electrons. The maximum atomic E-state index is 12.9. The molecule has 3 aromatic carbocycles. The minimum Gasteiger partial charge on any atom is -0.478 e. The van der Waals surface area contributed by atoms with E-state index in [2.05, 4.69) is 50.8 Å². The Bertz CT molecular complexity index is 1590. The Morgan fingerprint density at radius 2 is 1.75 bits per heavy atom. The summed E-state index contributed by atoms with van der Waals surface area (Å²) in [6, 6.07) is 21.9. The van der Waals surface area contributed by atoms with E-state index in [9.17, 15) is 14.7 Å². The van der Waals surface area contributed by atoms with Gasteiger partial charge in [0.1, 0.15) is 0 Å². The third-order valence-corrected chi connectivity index (χ3v) is 8.04. The average molecular weight is 536 g/mol. The van der Waals surface area contributed by atoms with Gasteiger partial charge in [-0.2, -0.15) is 0 Å². The van der Waals surface area contributed by atoms with Crippen LogP contribution in [0.1, 0.15) is 40.0 Å². The molecular weight excluding hydrogens is 502 g/mol. The number of hydrogen-bond acceptors (Lipinski definition) is 5. The number of piperidine rings is 1. The summed E-state index contributed by atoms with van der Waals surface area (Å²) in [7, 11) is 0. The summed E-state index contributed by atoms with van der Waals surface area (Å²) < 4.78 is 0. The highest BCUT2D eigenvalue weighted by Crippen LogP contribution is 2.31. The van der Waals surface area contributed by atoms with Gasteiger partial charge in [-0.15, -0.1) is 0 Å². The molecule has 0 unspecified atom stereocenters. The minimum atomic E-state index is -0.953. The monoisotopic (exact) mass is 535 g/mol. The Labute approximate surface area is 233 Å². The van der Waals surface area contributed by atoms with Crippen molar-refractivity contribution in [2.45, 2.75) is 39.2 Å². The first-order valence-corrected chi connectivity index (χ1v) is 13.8.